The highest BCUT2D eigenvalue weighted by atomic mass is 16.8. The first-order valence-electron chi connectivity index (χ1n) is 30.1. The van der Waals surface area contributed by atoms with Crippen LogP contribution in [0.5, 0.6) is 0 Å². The Balaban J connectivity index is 0.992. The van der Waals surface area contributed by atoms with Crippen molar-refractivity contribution in [2.24, 2.45) is 50.2 Å². The van der Waals surface area contributed by atoms with Gasteiger partial charge in [-0.3, -0.25) is 4.79 Å². The molecular weight excluding hydrogens is 1110 g/mol. The zero-order valence-corrected chi connectivity index (χ0v) is 49.3. The number of fused-ring (bicyclic) bond motifs is 7. The third kappa shape index (κ3) is 10.5. The molecule has 0 spiro atoms. The second kappa shape index (κ2) is 23.5. The van der Waals surface area contributed by atoms with Gasteiger partial charge in [-0.05, 0) is 110 Å². The van der Waals surface area contributed by atoms with Crippen LogP contribution in [0.4, 0.5) is 0 Å². The summed E-state index contributed by atoms with van der Waals surface area (Å²) in [5.41, 5.74) is -3.17. The Labute approximate surface area is 488 Å². The number of aliphatic hydroxyl groups excluding tert-OH is 14. The average molecular weight is 1210 g/mol. The average Bonchev–Trinajstić information content (AvgIpc) is 0.710. The van der Waals surface area contributed by atoms with E-state index in [0.717, 1.165) is 5.57 Å². The number of hydrogen-bond donors (Lipinski definition) is 15. The zero-order valence-electron chi connectivity index (χ0n) is 49.3. The van der Waals surface area contributed by atoms with Crippen molar-refractivity contribution < 1.29 is 129 Å². The van der Waals surface area contributed by atoms with Gasteiger partial charge in [0, 0.05) is 0 Å². The highest BCUT2D eigenvalue weighted by Gasteiger charge is 2.73. The minimum absolute atomic E-state index is 0.0438. The van der Waals surface area contributed by atoms with Gasteiger partial charge in [0.1, 0.15) is 103 Å². The first kappa shape index (κ1) is 65.2. The Morgan fingerprint density at radius 3 is 1.67 bits per heavy atom. The van der Waals surface area contributed by atoms with Gasteiger partial charge in [0.15, 0.2) is 31.5 Å². The highest BCUT2D eigenvalue weighted by molar-refractivity contribution is 5.78. The van der Waals surface area contributed by atoms with Crippen molar-refractivity contribution in [3.63, 3.8) is 0 Å². The predicted octanol–water partition coefficient (Wildman–Crippen LogP) is -2.37. The van der Waals surface area contributed by atoms with Crippen LogP contribution < -0.4 is 0 Å². The van der Waals surface area contributed by atoms with E-state index in [0.29, 0.717) is 38.5 Å². The van der Waals surface area contributed by atoms with E-state index in [4.69, 9.17) is 47.4 Å². The molecule has 4 saturated carbocycles. The summed E-state index contributed by atoms with van der Waals surface area (Å²) in [4.78, 5) is 13.4. The fraction of sp³-hybridized carbons (Fsp3) is 0.948. The minimum atomic E-state index is -1.94. The van der Waals surface area contributed by atoms with Gasteiger partial charge in [-0.25, -0.2) is 0 Å². The molecule has 84 heavy (non-hydrogen) atoms. The number of aliphatic carboxylic acids is 1. The van der Waals surface area contributed by atoms with Crippen LogP contribution in [0.25, 0.3) is 0 Å². The largest absolute Gasteiger partial charge is 0.481 e. The van der Waals surface area contributed by atoms with Crippen LogP contribution in [0.2, 0.25) is 0 Å². The molecule has 15 N–H and O–H groups in total. The Hall–Kier alpha value is -1.75. The molecule has 5 aliphatic carbocycles. The van der Waals surface area contributed by atoms with Crippen molar-refractivity contribution in [3.05, 3.63) is 11.6 Å². The summed E-state index contributed by atoms with van der Waals surface area (Å²) < 4.78 is 62.8. The predicted molar refractivity (Wildman–Crippen MR) is 284 cm³/mol. The third-order valence-corrected chi connectivity index (χ3v) is 22.9. The molecule has 0 bridgehead atoms. The fourth-order valence-corrected chi connectivity index (χ4v) is 17.5. The normalized spacial score (nSPS) is 55.6. The molecule has 0 aromatic carbocycles. The van der Waals surface area contributed by atoms with Crippen LogP contribution in [0, 0.1) is 50.2 Å². The van der Waals surface area contributed by atoms with Crippen molar-refractivity contribution in [1.29, 1.82) is 0 Å². The van der Waals surface area contributed by atoms with Gasteiger partial charge in [0.2, 0.25) is 0 Å². The number of allylic oxidation sites excluding steroid dienone is 2. The van der Waals surface area contributed by atoms with Crippen molar-refractivity contribution in [2.75, 3.05) is 19.8 Å². The second-order valence-corrected chi connectivity index (χ2v) is 28.3. The molecule has 0 amide bonds. The lowest BCUT2D eigenvalue weighted by atomic mass is 9.33. The number of carbonyl (C=O) groups is 1. The van der Waals surface area contributed by atoms with Gasteiger partial charge in [-0.15, -0.1) is 0 Å². The van der Waals surface area contributed by atoms with Crippen LogP contribution in [-0.4, -0.2) is 262 Å². The minimum Gasteiger partial charge on any atom is -0.481 e. The van der Waals surface area contributed by atoms with Crippen LogP contribution >= 0.6 is 0 Å². The molecule has 5 saturated heterocycles. The van der Waals surface area contributed by atoms with E-state index < -0.39 is 218 Å². The van der Waals surface area contributed by atoms with Gasteiger partial charge in [-0.1, -0.05) is 60.1 Å². The first-order valence-corrected chi connectivity index (χ1v) is 30.1. The molecule has 26 heteroatoms. The Morgan fingerprint density at radius 2 is 1.07 bits per heavy atom. The Morgan fingerprint density at radius 1 is 0.548 bits per heavy atom. The maximum atomic E-state index is 13.4. The molecule has 5 aliphatic heterocycles. The highest BCUT2D eigenvalue weighted by Crippen LogP contribution is 2.76. The van der Waals surface area contributed by atoms with E-state index in [1.807, 2.05) is 13.8 Å². The number of hydrogen-bond acceptors (Lipinski definition) is 25. The van der Waals surface area contributed by atoms with Crippen molar-refractivity contribution >= 4 is 5.97 Å². The first-order chi connectivity index (χ1) is 39.2. The Bertz CT molecular complexity index is 2360. The quantitative estimate of drug-likeness (QED) is 0.0717. The lowest BCUT2D eigenvalue weighted by Crippen LogP contribution is -2.69. The third-order valence-electron chi connectivity index (χ3n) is 22.9. The molecule has 0 radical (unpaired) electrons. The summed E-state index contributed by atoms with van der Waals surface area (Å²) in [6, 6.07) is 0. The number of carboxylic acids is 1. The number of ether oxygens (including phenoxy) is 10. The summed E-state index contributed by atoms with van der Waals surface area (Å²) >= 11 is 0. The molecule has 0 aromatic rings. The van der Waals surface area contributed by atoms with Gasteiger partial charge in [0.05, 0.1) is 50.3 Å². The maximum absolute atomic E-state index is 13.4. The van der Waals surface area contributed by atoms with Crippen molar-refractivity contribution in [1.82, 2.24) is 0 Å². The second-order valence-electron chi connectivity index (χ2n) is 28.3. The molecule has 9 fully saturated rings. The molecule has 33 atom stereocenters. The molecule has 10 aliphatic rings. The van der Waals surface area contributed by atoms with Gasteiger partial charge >= 0.3 is 5.97 Å². The van der Waals surface area contributed by atoms with E-state index >= 15 is 0 Å². The van der Waals surface area contributed by atoms with Crippen molar-refractivity contribution in [2.45, 2.75) is 273 Å². The van der Waals surface area contributed by atoms with Crippen LogP contribution in [0.3, 0.4) is 0 Å². The van der Waals surface area contributed by atoms with E-state index in [1.54, 1.807) is 0 Å². The van der Waals surface area contributed by atoms with E-state index in [-0.39, 0.29) is 30.1 Å². The molecule has 5 heterocycles. The molecule has 482 valence electrons. The van der Waals surface area contributed by atoms with E-state index in [9.17, 15) is 81.4 Å². The monoisotopic (exact) mass is 1210 g/mol. The molecule has 1 unspecified atom stereocenters. The summed E-state index contributed by atoms with van der Waals surface area (Å²) in [6.07, 6.45) is -36.0. The standard InChI is InChI=1S/C58H94O26/c1-22-34(64)39(69)42(72)49(77-22)82-44-38(68)28(19-59)79-51(46(44)84-50-45(83-48-41(71)37(67)27(61)21-76-48)43(35(65)23(2)78-50)81-47-40(70)36(66)26(60)20-75-47)80-33-13-14-55(7)29(54(33,5)6)12-15-56(8)30(55)11-10-24-25-16-53(3,4)31(62)18-58(25,52(73)74)32(63)17-57(24,56)9/h10,22-23,25-51,59-72H,11-21H2,1-9H3,(H,73,74)/t22-,23-,25+,26+,27+,28+,29?,30+,31-,32+,33-,34-,35-,36-,37-,38+,39+,40+,41+,42+,43+,44-,45+,46+,47+,48+,49-,50-,51+,55-,56+,57+,58+/m0/s1. The van der Waals surface area contributed by atoms with Crippen LogP contribution in [0.15, 0.2) is 11.6 Å². The maximum Gasteiger partial charge on any atom is 0.312 e. The summed E-state index contributed by atoms with van der Waals surface area (Å²) in [5, 5.41) is 167. The number of rotatable bonds is 12. The number of carboxylic acid groups (broad SMARTS) is 1. The molecular formula is C58H94O26. The van der Waals surface area contributed by atoms with Gasteiger partial charge in [0.25, 0.3) is 0 Å². The SMILES string of the molecule is C[C@@H]1O[C@@H](O[C@H]2[C@H](O)[C@@H](CO)O[C@H](O[C@H]3CC[C@@]4(C)C(CC[C@]5(C)[C@@H]4CC=C4[C@H]6CC(C)(C)[C@@H](O)C[C@]6(C(=O)O)[C@H](O)C[C@]45C)C3(C)C)[C@@H]2O[C@@H]2O[C@@H](C)[C@H](O)[C@@H](O[C@H]3OC[C@@H](O)[C@H](O)[C@H]3O)[C@H]2O[C@H]2OC[C@@H](O)[C@H](O)[C@H]2O)[C@H](O)[C@H](O)[C@H]1O. The van der Waals surface area contributed by atoms with E-state index in [1.165, 1.54) is 13.8 Å². The molecule has 0 aromatic heterocycles. The smallest absolute Gasteiger partial charge is 0.312 e. The van der Waals surface area contributed by atoms with Gasteiger partial charge in [-0.2, -0.15) is 0 Å². The van der Waals surface area contributed by atoms with Crippen LogP contribution in [-0.2, 0) is 52.2 Å². The fourth-order valence-electron chi connectivity index (χ4n) is 17.5. The summed E-state index contributed by atoms with van der Waals surface area (Å²) in [6.45, 7) is 15.9. The number of aliphatic hydroxyl groups is 14. The van der Waals surface area contributed by atoms with Gasteiger partial charge < -0.3 is 124 Å². The lowest BCUT2D eigenvalue weighted by molar-refractivity contribution is -0.414. The van der Waals surface area contributed by atoms with Crippen LogP contribution in [0.1, 0.15) is 114 Å². The molecule has 10 rings (SSSR count). The topological polar surface area (TPSA) is 413 Å². The van der Waals surface area contributed by atoms with Crippen molar-refractivity contribution in [3.8, 4) is 0 Å². The Kier molecular flexibility index (Phi) is 18.2. The summed E-state index contributed by atoms with van der Waals surface area (Å²) in [7, 11) is 0. The zero-order chi connectivity index (χ0) is 61.5. The van der Waals surface area contributed by atoms with E-state index in [2.05, 4.69) is 40.7 Å². The lowest BCUT2D eigenvalue weighted by Gasteiger charge is -2.72. The molecule has 26 nitrogen and oxygen atoms in total. The summed E-state index contributed by atoms with van der Waals surface area (Å²) in [5.74, 6) is -1.59.